The third-order valence-corrected chi connectivity index (χ3v) is 2.28. The lowest BCUT2D eigenvalue weighted by molar-refractivity contribution is 0.0951. The molecule has 1 aromatic rings. The second kappa shape index (κ2) is 6.18. The van der Waals surface area contributed by atoms with E-state index in [2.05, 4.69) is 11.9 Å². The summed E-state index contributed by atoms with van der Waals surface area (Å²) in [6.07, 6.45) is 2.48. The fraction of sp³-hybridized carbons (Fsp3) is 0.250. The smallest absolute Gasteiger partial charge is 0.255 e. The molecule has 1 aromatic carbocycles. The van der Waals surface area contributed by atoms with E-state index in [9.17, 15) is 4.79 Å². The van der Waals surface area contributed by atoms with Crippen LogP contribution < -0.4 is 10.1 Å². The number of methoxy groups -OCH3 is 1. The molecule has 0 aliphatic carbocycles. The fourth-order valence-electron chi connectivity index (χ4n) is 1.24. The Morgan fingerprint density at radius 1 is 1.62 bits per heavy atom. The van der Waals surface area contributed by atoms with Crippen LogP contribution in [0.4, 0.5) is 0 Å². The number of ether oxygens (including phenoxy) is 1. The standard InChI is InChI=1S/C12H14ClNO2/c1-3-4-7-14-12(15)10-8-9(13)5-6-11(10)16-2/h3,5-6,8H,1,4,7H2,2H3,(H,14,15). The van der Waals surface area contributed by atoms with Gasteiger partial charge >= 0.3 is 0 Å². The predicted molar refractivity (Wildman–Crippen MR) is 65.2 cm³/mol. The zero-order valence-corrected chi connectivity index (χ0v) is 9.88. The molecular weight excluding hydrogens is 226 g/mol. The molecule has 1 rings (SSSR count). The SMILES string of the molecule is C=CCCNC(=O)c1cc(Cl)ccc1OC. The summed E-state index contributed by atoms with van der Waals surface area (Å²) in [6.45, 7) is 4.13. The van der Waals surface area contributed by atoms with Crippen LogP contribution in [0, 0.1) is 0 Å². The summed E-state index contributed by atoms with van der Waals surface area (Å²) < 4.78 is 5.09. The number of hydrogen-bond donors (Lipinski definition) is 1. The minimum Gasteiger partial charge on any atom is -0.496 e. The zero-order chi connectivity index (χ0) is 12.0. The molecule has 0 saturated carbocycles. The van der Waals surface area contributed by atoms with Crippen LogP contribution in [0.25, 0.3) is 0 Å². The van der Waals surface area contributed by atoms with Crippen molar-refractivity contribution in [3.05, 3.63) is 41.4 Å². The van der Waals surface area contributed by atoms with E-state index in [0.717, 1.165) is 6.42 Å². The highest BCUT2D eigenvalue weighted by Gasteiger charge is 2.11. The van der Waals surface area contributed by atoms with Crippen molar-refractivity contribution in [1.82, 2.24) is 5.32 Å². The molecule has 0 unspecified atom stereocenters. The number of nitrogens with one attached hydrogen (secondary N) is 1. The monoisotopic (exact) mass is 239 g/mol. The normalized spacial score (nSPS) is 9.62. The van der Waals surface area contributed by atoms with Crippen molar-refractivity contribution in [3.8, 4) is 5.75 Å². The Bertz CT molecular complexity index is 391. The van der Waals surface area contributed by atoms with E-state index in [1.807, 2.05) is 0 Å². The quantitative estimate of drug-likeness (QED) is 0.634. The molecule has 0 bridgehead atoms. The van der Waals surface area contributed by atoms with E-state index >= 15 is 0 Å². The Kier molecular flexibility index (Phi) is 4.86. The van der Waals surface area contributed by atoms with Gasteiger partial charge in [0.2, 0.25) is 0 Å². The van der Waals surface area contributed by atoms with E-state index < -0.39 is 0 Å². The van der Waals surface area contributed by atoms with Gasteiger partial charge in [-0.2, -0.15) is 0 Å². The maximum absolute atomic E-state index is 11.8. The summed E-state index contributed by atoms with van der Waals surface area (Å²) in [5.41, 5.74) is 0.444. The van der Waals surface area contributed by atoms with Crippen LogP contribution in [0.5, 0.6) is 5.75 Å². The molecule has 86 valence electrons. The Labute approximate surface area is 100 Å². The fourth-order valence-corrected chi connectivity index (χ4v) is 1.41. The number of amides is 1. The summed E-state index contributed by atoms with van der Waals surface area (Å²) in [6, 6.07) is 4.94. The molecule has 0 heterocycles. The first-order chi connectivity index (χ1) is 7.69. The second-order valence-electron chi connectivity index (χ2n) is 3.18. The highest BCUT2D eigenvalue weighted by Crippen LogP contribution is 2.22. The number of hydrogen-bond acceptors (Lipinski definition) is 2. The Morgan fingerprint density at radius 3 is 3.00 bits per heavy atom. The number of halogens is 1. The molecule has 16 heavy (non-hydrogen) atoms. The van der Waals surface area contributed by atoms with Gasteiger partial charge in [0.05, 0.1) is 12.7 Å². The van der Waals surface area contributed by atoms with Crippen molar-refractivity contribution in [2.75, 3.05) is 13.7 Å². The van der Waals surface area contributed by atoms with Gasteiger partial charge < -0.3 is 10.1 Å². The molecule has 0 atom stereocenters. The Morgan fingerprint density at radius 2 is 2.38 bits per heavy atom. The maximum Gasteiger partial charge on any atom is 0.255 e. The van der Waals surface area contributed by atoms with E-state index in [1.54, 1.807) is 24.3 Å². The first-order valence-corrected chi connectivity index (χ1v) is 5.29. The van der Waals surface area contributed by atoms with Gasteiger partial charge in [-0.05, 0) is 24.6 Å². The van der Waals surface area contributed by atoms with Crippen molar-refractivity contribution in [3.63, 3.8) is 0 Å². The van der Waals surface area contributed by atoms with Gasteiger partial charge in [-0.15, -0.1) is 6.58 Å². The summed E-state index contributed by atoms with van der Waals surface area (Å²) >= 11 is 5.83. The molecule has 1 amide bonds. The molecule has 0 aliphatic rings. The summed E-state index contributed by atoms with van der Waals surface area (Å²) in [4.78, 5) is 11.8. The summed E-state index contributed by atoms with van der Waals surface area (Å²) in [5.74, 6) is 0.321. The molecule has 0 radical (unpaired) electrons. The van der Waals surface area contributed by atoms with Gasteiger partial charge in [-0.25, -0.2) is 0 Å². The second-order valence-corrected chi connectivity index (χ2v) is 3.61. The summed E-state index contributed by atoms with van der Waals surface area (Å²) in [5, 5.41) is 3.26. The van der Waals surface area contributed by atoms with Gasteiger partial charge in [0, 0.05) is 11.6 Å². The third kappa shape index (κ3) is 3.28. The van der Waals surface area contributed by atoms with Crippen molar-refractivity contribution in [1.29, 1.82) is 0 Å². The zero-order valence-electron chi connectivity index (χ0n) is 9.13. The molecule has 1 N–H and O–H groups in total. The Balaban J connectivity index is 2.80. The van der Waals surface area contributed by atoms with E-state index in [4.69, 9.17) is 16.3 Å². The number of benzene rings is 1. The number of rotatable bonds is 5. The molecule has 0 saturated heterocycles. The minimum absolute atomic E-state index is 0.193. The van der Waals surface area contributed by atoms with Crippen molar-refractivity contribution in [2.45, 2.75) is 6.42 Å². The molecule has 4 heteroatoms. The average Bonchev–Trinajstić information content (AvgIpc) is 2.29. The topological polar surface area (TPSA) is 38.3 Å². The van der Waals surface area contributed by atoms with Crippen LogP contribution in [-0.4, -0.2) is 19.6 Å². The molecule has 0 fully saturated rings. The van der Waals surface area contributed by atoms with Crippen LogP contribution in [0.3, 0.4) is 0 Å². The van der Waals surface area contributed by atoms with Crippen LogP contribution in [0.1, 0.15) is 16.8 Å². The maximum atomic E-state index is 11.8. The number of carbonyl (C=O) groups is 1. The molecule has 0 spiro atoms. The average molecular weight is 240 g/mol. The lowest BCUT2D eigenvalue weighted by Crippen LogP contribution is -2.24. The van der Waals surface area contributed by atoms with E-state index in [-0.39, 0.29) is 5.91 Å². The van der Waals surface area contributed by atoms with Crippen molar-refractivity contribution >= 4 is 17.5 Å². The highest BCUT2D eigenvalue weighted by atomic mass is 35.5. The molecule has 3 nitrogen and oxygen atoms in total. The van der Waals surface area contributed by atoms with Gasteiger partial charge in [-0.3, -0.25) is 4.79 Å². The van der Waals surface area contributed by atoms with Crippen LogP contribution in [0.15, 0.2) is 30.9 Å². The minimum atomic E-state index is -0.193. The van der Waals surface area contributed by atoms with Crippen LogP contribution >= 0.6 is 11.6 Å². The lowest BCUT2D eigenvalue weighted by atomic mass is 10.2. The first-order valence-electron chi connectivity index (χ1n) is 4.91. The molecule has 0 aliphatic heterocycles. The van der Waals surface area contributed by atoms with Crippen LogP contribution in [-0.2, 0) is 0 Å². The molecular formula is C12H14ClNO2. The van der Waals surface area contributed by atoms with E-state index in [0.29, 0.717) is 22.9 Å². The Hall–Kier alpha value is -1.48. The lowest BCUT2D eigenvalue weighted by Gasteiger charge is -2.08. The largest absolute Gasteiger partial charge is 0.496 e. The van der Waals surface area contributed by atoms with Crippen molar-refractivity contribution in [2.24, 2.45) is 0 Å². The predicted octanol–water partition coefficient (Wildman–Crippen LogP) is 2.65. The summed E-state index contributed by atoms with van der Waals surface area (Å²) in [7, 11) is 1.52. The highest BCUT2D eigenvalue weighted by molar-refractivity contribution is 6.31. The number of carbonyl (C=O) groups excluding carboxylic acids is 1. The van der Waals surface area contributed by atoms with E-state index in [1.165, 1.54) is 7.11 Å². The van der Waals surface area contributed by atoms with Gasteiger partial charge in [0.1, 0.15) is 5.75 Å². The van der Waals surface area contributed by atoms with Gasteiger partial charge in [0.15, 0.2) is 0 Å². The van der Waals surface area contributed by atoms with Gasteiger partial charge in [0.25, 0.3) is 5.91 Å². The van der Waals surface area contributed by atoms with Gasteiger partial charge in [-0.1, -0.05) is 17.7 Å². The van der Waals surface area contributed by atoms with Crippen molar-refractivity contribution < 1.29 is 9.53 Å². The third-order valence-electron chi connectivity index (χ3n) is 2.04. The molecule has 0 aromatic heterocycles. The first kappa shape index (κ1) is 12.6. The van der Waals surface area contributed by atoms with Crippen LogP contribution in [0.2, 0.25) is 5.02 Å².